The van der Waals surface area contributed by atoms with E-state index < -0.39 is 11.7 Å². The molecule has 1 fully saturated rings. The molecule has 0 bridgehead atoms. The molecule has 2 nitrogen and oxygen atoms in total. The van der Waals surface area contributed by atoms with Gasteiger partial charge in [-0.1, -0.05) is 17.7 Å². The standard InChI is InChI=1S/C20H18ClF3N2/c21-17-9-13(20(22,23)24)1-2-14(17)12-7-11-4-6-26-18-3-5-25-10-16(18)15(8-12)19(11)26/h1-2,7-9,16,18,25H,3-6,10H2/t16-,18-/m0/s1. The molecule has 0 saturated carbocycles. The topological polar surface area (TPSA) is 15.3 Å². The molecule has 26 heavy (non-hydrogen) atoms. The van der Waals surface area contributed by atoms with Gasteiger partial charge in [0.05, 0.1) is 5.56 Å². The fraction of sp³-hybridized carbons (Fsp3) is 0.400. The van der Waals surface area contributed by atoms with Gasteiger partial charge in [0.25, 0.3) is 0 Å². The predicted molar refractivity (Wildman–Crippen MR) is 97.0 cm³/mol. The molecule has 1 saturated heterocycles. The van der Waals surface area contributed by atoms with Crippen molar-refractivity contribution < 1.29 is 13.2 Å². The zero-order valence-corrected chi connectivity index (χ0v) is 14.8. The fourth-order valence-corrected chi connectivity index (χ4v) is 5.13. The van der Waals surface area contributed by atoms with E-state index in [4.69, 9.17) is 11.6 Å². The van der Waals surface area contributed by atoms with Crippen LogP contribution < -0.4 is 10.2 Å². The van der Waals surface area contributed by atoms with Gasteiger partial charge in [0.15, 0.2) is 0 Å². The number of nitrogens with one attached hydrogen (secondary N) is 1. The number of hydrogen-bond acceptors (Lipinski definition) is 2. The summed E-state index contributed by atoms with van der Waals surface area (Å²) in [5, 5.41) is 3.63. The lowest BCUT2D eigenvalue weighted by Crippen LogP contribution is -2.43. The third kappa shape index (κ3) is 2.37. The Kier molecular flexibility index (Phi) is 3.57. The monoisotopic (exact) mass is 378 g/mol. The first-order valence-corrected chi connectivity index (χ1v) is 9.32. The van der Waals surface area contributed by atoms with Crippen LogP contribution in [0.3, 0.4) is 0 Å². The van der Waals surface area contributed by atoms with Gasteiger partial charge in [0.2, 0.25) is 0 Å². The Morgan fingerprint density at radius 3 is 2.77 bits per heavy atom. The van der Waals surface area contributed by atoms with Crippen LogP contribution in [0.5, 0.6) is 0 Å². The SMILES string of the molecule is FC(F)(F)c1ccc(-c2cc3c4c(c2)[C@@H]2CNCC[C@@H]2N4CC3)c(Cl)c1. The second-order valence-corrected chi connectivity index (χ2v) is 7.78. The highest BCUT2D eigenvalue weighted by atomic mass is 35.5. The van der Waals surface area contributed by atoms with Gasteiger partial charge in [-0.25, -0.2) is 0 Å². The Morgan fingerprint density at radius 1 is 1.15 bits per heavy atom. The first-order valence-electron chi connectivity index (χ1n) is 8.95. The van der Waals surface area contributed by atoms with E-state index in [1.807, 2.05) is 0 Å². The predicted octanol–water partition coefficient (Wildman–Crippen LogP) is 4.85. The molecule has 3 aliphatic heterocycles. The first-order chi connectivity index (χ1) is 12.4. The molecule has 3 aliphatic rings. The summed E-state index contributed by atoms with van der Waals surface area (Å²) in [6.45, 7) is 3.03. The molecule has 1 N–H and O–H groups in total. The number of halogens is 4. The van der Waals surface area contributed by atoms with Crippen LogP contribution in [-0.4, -0.2) is 25.7 Å². The average molecular weight is 379 g/mol. The third-order valence-electron chi connectivity index (χ3n) is 5.98. The second-order valence-electron chi connectivity index (χ2n) is 7.38. The lowest BCUT2D eigenvalue weighted by Gasteiger charge is -2.32. The van der Waals surface area contributed by atoms with Gasteiger partial charge in [0, 0.05) is 41.3 Å². The number of fused-ring (bicyclic) bond motifs is 3. The highest BCUT2D eigenvalue weighted by molar-refractivity contribution is 6.33. The maximum absolute atomic E-state index is 12.9. The van der Waals surface area contributed by atoms with Crippen LogP contribution in [0.15, 0.2) is 30.3 Å². The molecule has 136 valence electrons. The molecule has 0 radical (unpaired) electrons. The zero-order chi connectivity index (χ0) is 18.1. The summed E-state index contributed by atoms with van der Waals surface area (Å²) in [4.78, 5) is 2.54. The van der Waals surface area contributed by atoms with Crippen molar-refractivity contribution in [3.63, 3.8) is 0 Å². The van der Waals surface area contributed by atoms with Gasteiger partial charge >= 0.3 is 6.18 Å². The van der Waals surface area contributed by atoms with Crippen LogP contribution in [0, 0.1) is 0 Å². The average Bonchev–Trinajstić information content (AvgIpc) is 3.17. The van der Waals surface area contributed by atoms with E-state index in [0.29, 0.717) is 17.5 Å². The lowest BCUT2D eigenvalue weighted by atomic mass is 9.87. The molecule has 0 amide bonds. The van der Waals surface area contributed by atoms with Gasteiger partial charge in [0.1, 0.15) is 0 Å². The van der Waals surface area contributed by atoms with E-state index in [9.17, 15) is 13.2 Å². The summed E-state index contributed by atoms with van der Waals surface area (Å²) < 4.78 is 38.8. The lowest BCUT2D eigenvalue weighted by molar-refractivity contribution is -0.137. The summed E-state index contributed by atoms with van der Waals surface area (Å²) in [6.07, 6.45) is -2.25. The number of hydrogen-bond donors (Lipinski definition) is 1. The molecule has 6 heteroatoms. The van der Waals surface area contributed by atoms with Crippen molar-refractivity contribution >= 4 is 17.3 Å². The smallest absolute Gasteiger partial charge is 0.367 e. The van der Waals surface area contributed by atoms with Crippen molar-refractivity contribution in [2.45, 2.75) is 31.0 Å². The van der Waals surface area contributed by atoms with Gasteiger partial charge in [-0.05, 0) is 60.3 Å². The Labute approximate surface area is 155 Å². The molecule has 2 atom stereocenters. The van der Waals surface area contributed by atoms with Gasteiger partial charge in [-0.3, -0.25) is 0 Å². The summed E-state index contributed by atoms with van der Waals surface area (Å²) in [7, 11) is 0. The third-order valence-corrected chi connectivity index (χ3v) is 6.29. The molecular formula is C20H18ClF3N2. The van der Waals surface area contributed by atoms with Crippen molar-refractivity contribution in [1.82, 2.24) is 5.32 Å². The number of rotatable bonds is 1. The summed E-state index contributed by atoms with van der Waals surface area (Å²) in [5.41, 5.74) is 4.86. The van der Waals surface area contributed by atoms with E-state index in [-0.39, 0.29) is 5.02 Å². The van der Waals surface area contributed by atoms with E-state index in [1.54, 1.807) is 0 Å². The molecular weight excluding hydrogens is 361 g/mol. The number of alkyl halides is 3. The fourth-order valence-electron chi connectivity index (χ4n) is 4.84. The maximum atomic E-state index is 12.9. The number of piperidine rings is 1. The molecule has 3 heterocycles. The van der Waals surface area contributed by atoms with Crippen molar-refractivity contribution in [2.24, 2.45) is 0 Å². The Hall–Kier alpha value is -1.72. The Bertz CT molecular complexity index is 893. The molecule has 2 aromatic carbocycles. The number of benzene rings is 2. The molecule has 0 aliphatic carbocycles. The molecule has 5 rings (SSSR count). The largest absolute Gasteiger partial charge is 0.416 e. The first kappa shape index (κ1) is 16.5. The highest BCUT2D eigenvalue weighted by Crippen LogP contribution is 2.50. The second kappa shape index (κ2) is 5.64. The summed E-state index contributed by atoms with van der Waals surface area (Å²) in [6, 6.07) is 8.44. The van der Waals surface area contributed by atoms with E-state index in [1.165, 1.54) is 22.9 Å². The van der Waals surface area contributed by atoms with E-state index >= 15 is 0 Å². The zero-order valence-electron chi connectivity index (χ0n) is 14.0. The van der Waals surface area contributed by atoms with Gasteiger partial charge in [-0.2, -0.15) is 13.2 Å². The minimum absolute atomic E-state index is 0.151. The highest BCUT2D eigenvalue weighted by Gasteiger charge is 2.43. The molecule has 0 spiro atoms. The minimum atomic E-state index is -4.38. The van der Waals surface area contributed by atoms with Crippen molar-refractivity contribution in [3.05, 3.63) is 52.0 Å². The van der Waals surface area contributed by atoms with Gasteiger partial charge < -0.3 is 10.2 Å². The Morgan fingerprint density at radius 2 is 2.00 bits per heavy atom. The van der Waals surface area contributed by atoms with Crippen molar-refractivity contribution in [3.8, 4) is 11.1 Å². The van der Waals surface area contributed by atoms with Crippen LogP contribution in [0.4, 0.5) is 18.9 Å². The number of nitrogens with zero attached hydrogens (tertiary/aromatic N) is 1. The van der Waals surface area contributed by atoms with Crippen molar-refractivity contribution in [1.29, 1.82) is 0 Å². The van der Waals surface area contributed by atoms with Crippen LogP contribution >= 0.6 is 11.6 Å². The molecule has 0 aromatic heterocycles. The van der Waals surface area contributed by atoms with Crippen LogP contribution in [0.25, 0.3) is 11.1 Å². The van der Waals surface area contributed by atoms with Crippen molar-refractivity contribution in [2.75, 3.05) is 24.5 Å². The van der Waals surface area contributed by atoms with Crippen LogP contribution in [-0.2, 0) is 12.6 Å². The molecule has 2 aromatic rings. The van der Waals surface area contributed by atoms with Crippen LogP contribution in [0.2, 0.25) is 5.02 Å². The van der Waals surface area contributed by atoms with Gasteiger partial charge in [-0.15, -0.1) is 0 Å². The van der Waals surface area contributed by atoms with E-state index in [0.717, 1.165) is 50.2 Å². The van der Waals surface area contributed by atoms with Crippen LogP contribution in [0.1, 0.15) is 29.0 Å². The van der Waals surface area contributed by atoms with E-state index in [2.05, 4.69) is 22.3 Å². The Balaban J connectivity index is 1.61. The minimum Gasteiger partial charge on any atom is -0.367 e. The summed E-state index contributed by atoms with van der Waals surface area (Å²) >= 11 is 6.24. The molecule has 0 unspecified atom stereocenters. The quantitative estimate of drug-likeness (QED) is 0.763. The number of anilines is 1. The normalized spacial score (nSPS) is 23.9. The maximum Gasteiger partial charge on any atom is 0.416 e. The summed E-state index contributed by atoms with van der Waals surface area (Å²) in [5.74, 6) is 0.450.